The van der Waals surface area contributed by atoms with Crippen molar-refractivity contribution in [2.75, 3.05) is 6.61 Å². The monoisotopic (exact) mass is 333 g/mol. The summed E-state index contributed by atoms with van der Waals surface area (Å²) in [5.41, 5.74) is 0.620. The third kappa shape index (κ3) is 3.89. The summed E-state index contributed by atoms with van der Waals surface area (Å²) in [7, 11) is 0. The van der Waals surface area contributed by atoms with Crippen LogP contribution in [0.3, 0.4) is 0 Å². The van der Waals surface area contributed by atoms with Crippen molar-refractivity contribution in [1.82, 2.24) is 15.5 Å². The molecule has 8 heteroatoms. The molecule has 0 spiro atoms. The maximum atomic E-state index is 11.7. The number of rotatable bonds is 6. The molecule has 1 N–H and O–H groups in total. The standard InChI is InChI=1S/C15H12ClN3O4/c16-12-6-2-1-5-11(12)14-18-15(23-19-14)22-9-13(20)17-8-10-4-3-7-21-10/h1-7H,8-9H2,(H,17,20). The van der Waals surface area contributed by atoms with Gasteiger partial charge in [0.2, 0.25) is 5.82 Å². The highest BCUT2D eigenvalue weighted by Crippen LogP contribution is 2.26. The van der Waals surface area contributed by atoms with Gasteiger partial charge >= 0.3 is 6.08 Å². The number of nitrogens with zero attached hydrogens (tertiary/aromatic N) is 2. The van der Waals surface area contributed by atoms with Crippen LogP contribution in [0.5, 0.6) is 6.08 Å². The summed E-state index contributed by atoms with van der Waals surface area (Å²) in [5.74, 6) is 0.609. The highest BCUT2D eigenvalue weighted by molar-refractivity contribution is 6.33. The van der Waals surface area contributed by atoms with Crippen molar-refractivity contribution in [3.05, 3.63) is 53.4 Å². The van der Waals surface area contributed by atoms with Crippen LogP contribution in [-0.4, -0.2) is 22.7 Å². The second kappa shape index (κ2) is 6.97. The quantitative estimate of drug-likeness (QED) is 0.745. The first-order chi connectivity index (χ1) is 11.2. The summed E-state index contributed by atoms with van der Waals surface area (Å²) < 4.78 is 15.2. The predicted molar refractivity (Wildman–Crippen MR) is 80.8 cm³/mol. The molecule has 2 aromatic heterocycles. The number of hydrogen-bond donors (Lipinski definition) is 1. The van der Waals surface area contributed by atoms with Crippen molar-refractivity contribution in [2.24, 2.45) is 0 Å². The summed E-state index contributed by atoms with van der Waals surface area (Å²) in [6, 6.07) is 10.6. The van der Waals surface area contributed by atoms with Crippen LogP contribution in [0.4, 0.5) is 0 Å². The Hall–Kier alpha value is -2.80. The van der Waals surface area contributed by atoms with E-state index in [4.69, 9.17) is 25.3 Å². The van der Waals surface area contributed by atoms with Gasteiger partial charge in [-0.05, 0) is 24.3 Å². The Bertz CT molecular complexity index is 786. The first-order valence-electron chi connectivity index (χ1n) is 6.73. The molecule has 0 saturated heterocycles. The van der Waals surface area contributed by atoms with Gasteiger partial charge in [-0.15, -0.1) is 0 Å². The third-order valence-corrected chi connectivity index (χ3v) is 3.22. The lowest BCUT2D eigenvalue weighted by molar-refractivity contribution is -0.123. The molecule has 0 aliphatic heterocycles. The smallest absolute Gasteiger partial charge is 0.418 e. The van der Waals surface area contributed by atoms with Gasteiger partial charge < -0.3 is 14.5 Å². The lowest BCUT2D eigenvalue weighted by atomic mass is 10.2. The Morgan fingerprint density at radius 1 is 1.26 bits per heavy atom. The van der Waals surface area contributed by atoms with Gasteiger partial charge in [0.25, 0.3) is 5.91 Å². The van der Waals surface area contributed by atoms with Gasteiger partial charge in [-0.25, -0.2) is 0 Å². The van der Waals surface area contributed by atoms with E-state index in [1.165, 1.54) is 6.26 Å². The molecule has 0 saturated carbocycles. The molecule has 2 heterocycles. The minimum Gasteiger partial charge on any atom is -0.467 e. The summed E-state index contributed by atoms with van der Waals surface area (Å²) in [4.78, 5) is 15.7. The number of aromatic nitrogens is 2. The number of carbonyl (C=O) groups excluding carboxylic acids is 1. The lowest BCUT2D eigenvalue weighted by Crippen LogP contribution is -2.28. The second-order valence-electron chi connectivity index (χ2n) is 4.51. The van der Waals surface area contributed by atoms with E-state index in [-0.39, 0.29) is 25.1 Å². The molecule has 118 valence electrons. The van der Waals surface area contributed by atoms with Crippen LogP contribution in [0.2, 0.25) is 5.02 Å². The van der Waals surface area contributed by atoms with Crippen LogP contribution >= 0.6 is 11.6 Å². The zero-order valence-corrected chi connectivity index (χ0v) is 12.6. The summed E-state index contributed by atoms with van der Waals surface area (Å²) in [6.45, 7) is 0.0365. The van der Waals surface area contributed by atoms with Crippen molar-refractivity contribution in [2.45, 2.75) is 6.54 Å². The fraction of sp³-hybridized carbons (Fsp3) is 0.133. The van der Waals surface area contributed by atoms with E-state index < -0.39 is 0 Å². The molecule has 1 aromatic carbocycles. The van der Waals surface area contributed by atoms with Crippen molar-refractivity contribution in [3.8, 4) is 17.5 Å². The van der Waals surface area contributed by atoms with E-state index >= 15 is 0 Å². The van der Waals surface area contributed by atoms with E-state index in [2.05, 4.69) is 15.5 Å². The first kappa shape index (κ1) is 15.1. The first-order valence-corrected chi connectivity index (χ1v) is 7.10. The predicted octanol–water partition coefficient (Wildman–Crippen LogP) is 2.68. The van der Waals surface area contributed by atoms with Crippen LogP contribution in [0.25, 0.3) is 11.4 Å². The molecular weight excluding hydrogens is 322 g/mol. The molecule has 0 bridgehead atoms. The van der Waals surface area contributed by atoms with Crippen LogP contribution in [0.1, 0.15) is 5.76 Å². The Balaban J connectivity index is 1.53. The van der Waals surface area contributed by atoms with Crippen molar-refractivity contribution < 1.29 is 18.5 Å². The second-order valence-corrected chi connectivity index (χ2v) is 4.92. The largest absolute Gasteiger partial charge is 0.467 e. The Kier molecular flexibility index (Phi) is 4.58. The summed E-state index contributed by atoms with van der Waals surface area (Å²) >= 11 is 6.05. The molecule has 0 aliphatic carbocycles. The molecule has 0 fully saturated rings. The molecule has 3 rings (SSSR count). The zero-order valence-electron chi connectivity index (χ0n) is 11.9. The molecule has 0 atom stereocenters. The van der Waals surface area contributed by atoms with Gasteiger partial charge in [-0.3, -0.25) is 9.32 Å². The average Bonchev–Trinajstić information content (AvgIpc) is 3.23. The Labute approximate surface area is 136 Å². The fourth-order valence-electron chi connectivity index (χ4n) is 1.80. The highest BCUT2D eigenvalue weighted by Gasteiger charge is 2.13. The highest BCUT2D eigenvalue weighted by atomic mass is 35.5. The third-order valence-electron chi connectivity index (χ3n) is 2.89. The Morgan fingerprint density at radius 3 is 2.91 bits per heavy atom. The molecule has 0 radical (unpaired) electrons. The molecule has 23 heavy (non-hydrogen) atoms. The number of hydrogen-bond acceptors (Lipinski definition) is 6. The van der Waals surface area contributed by atoms with Gasteiger partial charge in [0.05, 0.1) is 17.8 Å². The van der Waals surface area contributed by atoms with Gasteiger partial charge in [-0.1, -0.05) is 28.9 Å². The minimum absolute atomic E-state index is 0.104. The number of amides is 1. The fourth-order valence-corrected chi connectivity index (χ4v) is 2.02. The van der Waals surface area contributed by atoms with E-state index in [0.717, 1.165) is 0 Å². The van der Waals surface area contributed by atoms with E-state index in [9.17, 15) is 4.79 Å². The number of ether oxygens (including phenoxy) is 1. The SMILES string of the molecule is O=C(COc1nc(-c2ccccc2Cl)no1)NCc1ccco1. The minimum atomic E-state index is -0.334. The Morgan fingerprint density at radius 2 is 2.13 bits per heavy atom. The number of halogens is 1. The maximum absolute atomic E-state index is 11.7. The molecule has 0 unspecified atom stereocenters. The van der Waals surface area contributed by atoms with Crippen LogP contribution in [0.15, 0.2) is 51.6 Å². The van der Waals surface area contributed by atoms with Gasteiger partial charge in [0.1, 0.15) is 5.76 Å². The normalized spacial score (nSPS) is 10.5. The number of nitrogens with one attached hydrogen (secondary N) is 1. The zero-order chi connectivity index (χ0) is 16.1. The van der Waals surface area contributed by atoms with Gasteiger partial charge in [0, 0.05) is 5.56 Å². The van der Waals surface area contributed by atoms with E-state index in [0.29, 0.717) is 22.2 Å². The van der Waals surface area contributed by atoms with Gasteiger partial charge in [0.15, 0.2) is 6.61 Å². The molecule has 0 aliphatic rings. The van der Waals surface area contributed by atoms with Crippen molar-refractivity contribution in [1.29, 1.82) is 0 Å². The number of benzene rings is 1. The lowest BCUT2D eigenvalue weighted by Gasteiger charge is -2.02. The number of furan rings is 1. The van der Waals surface area contributed by atoms with Crippen LogP contribution in [0, 0.1) is 0 Å². The maximum Gasteiger partial charge on any atom is 0.418 e. The van der Waals surface area contributed by atoms with Crippen LogP contribution < -0.4 is 10.1 Å². The average molecular weight is 334 g/mol. The molecular formula is C15H12ClN3O4. The summed E-state index contributed by atoms with van der Waals surface area (Å²) in [5, 5.41) is 6.90. The van der Waals surface area contributed by atoms with Crippen molar-refractivity contribution in [3.63, 3.8) is 0 Å². The molecule has 7 nitrogen and oxygen atoms in total. The van der Waals surface area contributed by atoms with Gasteiger partial charge in [-0.2, -0.15) is 4.98 Å². The van der Waals surface area contributed by atoms with Crippen LogP contribution in [-0.2, 0) is 11.3 Å². The topological polar surface area (TPSA) is 90.4 Å². The van der Waals surface area contributed by atoms with E-state index in [1.54, 1.807) is 36.4 Å². The molecule has 1 amide bonds. The number of carbonyl (C=O) groups is 1. The molecule has 3 aromatic rings. The van der Waals surface area contributed by atoms with E-state index in [1.807, 2.05) is 0 Å². The summed E-state index contributed by atoms with van der Waals surface area (Å²) in [6.07, 6.45) is 1.43. The van der Waals surface area contributed by atoms with Crippen molar-refractivity contribution >= 4 is 17.5 Å².